The molecule has 0 amide bonds. The van der Waals surface area contributed by atoms with Gasteiger partial charge in [0.2, 0.25) is 5.82 Å². The summed E-state index contributed by atoms with van der Waals surface area (Å²) >= 11 is 0. The molecule has 0 heterocycles. The third kappa shape index (κ3) is 5.00. The third-order valence-electron chi connectivity index (χ3n) is 2.42. The molecule has 1 aromatic rings. The van der Waals surface area contributed by atoms with Crippen LogP contribution in [-0.4, -0.2) is 18.7 Å². The quantitative estimate of drug-likeness (QED) is 0.873. The molecule has 2 nitrogen and oxygen atoms in total. The highest BCUT2D eigenvalue weighted by atomic mass is 19.2. The Kier molecular flexibility index (Phi) is 5.08. The number of rotatable bonds is 5. The molecule has 0 fully saturated rings. The predicted octanol–water partition coefficient (Wildman–Crippen LogP) is 3.37. The van der Waals surface area contributed by atoms with E-state index in [4.69, 9.17) is 4.74 Å². The zero-order chi connectivity index (χ0) is 13.8. The van der Waals surface area contributed by atoms with Gasteiger partial charge in [0, 0.05) is 18.0 Å². The average molecular weight is 257 g/mol. The van der Waals surface area contributed by atoms with Gasteiger partial charge in [-0.1, -0.05) is 13.0 Å². The van der Waals surface area contributed by atoms with Crippen molar-refractivity contribution in [2.24, 2.45) is 5.92 Å². The highest BCUT2D eigenvalue weighted by Gasteiger charge is 2.13. The first-order valence-electron chi connectivity index (χ1n) is 6.11. The lowest BCUT2D eigenvalue weighted by molar-refractivity contribution is 0.233. The van der Waals surface area contributed by atoms with Gasteiger partial charge in [-0.15, -0.1) is 0 Å². The largest absolute Gasteiger partial charge is 0.490 e. The Morgan fingerprint density at radius 1 is 1.28 bits per heavy atom. The summed E-state index contributed by atoms with van der Waals surface area (Å²) in [4.78, 5) is 0. The molecule has 1 atom stereocenters. The normalized spacial score (nSPS) is 13.4. The van der Waals surface area contributed by atoms with E-state index in [1.807, 2.05) is 6.92 Å². The van der Waals surface area contributed by atoms with Crippen molar-refractivity contribution < 1.29 is 13.5 Å². The van der Waals surface area contributed by atoms with Crippen LogP contribution < -0.4 is 10.1 Å². The Morgan fingerprint density at radius 2 is 1.94 bits per heavy atom. The predicted molar refractivity (Wildman–Crippen MR) is 68.8 cm³/mol. The first-order valence-corrected chi connectivity index (χ1v) is 6.11. The summed E-state index contributed by atoms with van der Waals surface area (Å²) in [7, 11) is 0. The van der Waals surface area contributed by atoms with E-state index in [0.717, 1.165) is 12.6 Å². The Morgan fingerprint density at radius 3 is 2.56 bits per heavy atom. The maximum atomic E-state index is 13.3. The van der Waals surface area contributed by atoms with E-state index in [0.29, 0.717) is 6.61 Å². The Hall–Kier alpha value is -1.16. The summed E-state index contributed by atoms with van der Waals surface area (Å²) in [5.74, 6) is -1.62. The minimum atomic E-state index is -0.923. The van der Waals surface area contributed by atoms with E-state index in [1.165, 1.54) is 12.1 Å². The van der Waals surface area contributed by atoms with E-state index in [9.17, 15) is 8.78 Å². The highest BCUT2D eigenvalue weighted by molar-refractivity contribution is 5.24. The summed E-state index contributed by atoms with van der Waals surface area (Å²) in [6.45, 7) is 9.34. The molecule has 0 aliphatic carbocycles. The molecular weight excluding hydrogens is 236 g/mol. The van der Waals surface area contributed by atoms with Gasteiger partial charge < -0.3 is 10.1 Å². The topological polar surface area (TPSA) is 21.3 Å². The third-order valence-corrected chi connectivity index (χ3v) is 2.42. The molecular formula is C14H21F2NO. The molecule has 0 bridgehead atoms. The van der Waals surface area contributed by atoms with Gasteiger partial charge in [0.05, 0.1) is 6.61 Å². The van der Waals surface area contributed by atoms with Gasteiger partial charge in [0.25, 0.3) is 0 Å². The van der Waals surface area contributed by atoms with Crippen molar-refractivity contribution in [3.63, 3.8) is 0 Å². The Balaban J connectivity index is 2.43. The van der Waals surface area contributed by atoms with Crippen LogP contribution in [-0.2, 0) is 0 Å². The maximum absolute atomic E-state index is 13.3. The van der Waals surface area contributed by atoms with Crippen molar-refractivity contribution in [3.05, 3.63) is 29.8 Å². The second-order valence-corrected chi connectivity index (χ2v) is 5.60. The molecule has 0 aliphatic rings. The summed E-state index contributed by atoms with van der Waals surface area (Å²) in [5, 5.41) is 3.34. The molecule has 0 aliphatic heterocycles. The fraction of sp³-hybridized carbons (Fsp3) is 0.571. The molecule has 0 saturated carbocycles. The van der Waals surface area contributed by atoms with Crippen LogP contribution in [0, 0.1) is 17.6 Å². The van der Waals surface area contributed by atoms with E-state index in [2.05, 4.69) is 26.1 Å². The van der Waals surface area contributed by atoms with Gasteiger partial charge in [-0.3, -0.25) is 0 Å². The first-order chi connectivity index (χ1) is 8.29. The second kappa shape index (κ2) is 6.14. The summed E-state index contributed by atoms with van der Waals surface area (Å²) < 4.78 is 31.5. The van der Waals surface area contributed by atoms with Crippen molar-refractivity contribution >= 4 is 0 Å². The van der Waals surface area contributed by atoms with Crippen LogP contribution in [0.1, 0.15) is 27.7 Å². The van der Waals surface area contributed by atoms with Gasteiger partial charge in [0.1, 0.15) is 0 Å². The molecule has 18 heavy (non-hydrogen) atoms. The molecule has 4 heteroatoms. The van der Waals surface area contributed by atoms with Crippen molar-refractivity contribution in [1.82, 2.24) is 5.32 Å². The minimum absolute atomic E-state index is 0.0300. The van der Waals surface area contributed by atoms with Crippen LogP contribution in [0.5, 0.6) is 5.75 Å². The fourth-order valence-electron chi connectivity index (χ4n) is 1.37. The first kappa shape index (κ1) is 14.9. The molecule has 0 saturated heterocycles. The Bertz CT molecular complexity index is 388. The van der Waals surface area contributed by atoms with Crippen molar-refractivity contribution in [2.45, 2.75) is 33.2 Å². The van der Waals surface area contributed by atoms with Crippen LogP contribution in [0.2, 0.25) is 0 Å². The van der Waals surface area contributed by atoms with E-state index in [1.54, 1.807) is 0 Å². The van der Waals surface area contributed by atoms with Crippen LogP contribution in [0.15, 0.2) is 18.2 Å². The molecule has 102 valence electrons. The van der Waals surface area contributed by atoms with Gasteiger partial charge in [-0.25, -0.2) is 4.39 Å². The average Bonchev–Trinajstić information content (AvgIpc) is 2.27. The van der Waals surface area contributed by atoms with Gasteiger partial charge in [0.15, 0.2) is 11.6 Å². The van der Waals surface area contributed by atoms with Crippen molar-refractivity contribution in [2.75, 3.05) is 13.2 Å². The van der Waals surface area contributed by atoms with E-state index >= 15 is 0 Å². The number of hydrogen-bond acceptors (Lipinski definition) is 2. The monoisotopic (exact) mass is 257 g/mol. The number of hydrogen-bond donors (Lipinski definition) is 1. The molecule has 1 rings (SSSR count). The highest BCUT2D eigenvalue weighted by Crippen LogP contribution is 2.19. The van der Waals surface area contributed by atoms with Crippen molar-refractivity contribution in [3.8, 4) is 5.75 Å². The molecule has 1 aromatic carbocycles. The lowest BCUT2D eigenvalue weighted by atomic mass is 10.1. The Labute approximate surface area is 107 Å². The SMILES string of the molecule is CC(CNC(C)(C)C)COc1cccc(F)c1F. The smallest absolute Gasteiger partial charge is 0.200 e. The van der Waals surface area contributed by atoms with E-state index in [-0.39, 0.29) is 17.2 Å². The summed E-state index contributed by atoms with van der Waals surface area (Å²) in [6.07, 6.45) is 0. The number of benzene rings is 1. The minimum Gasteiger partial charge on any atom is -0.490 e. The molecule has 1 N–H and O–H groups in total. The standard InChI is InChI=1S/C14H21F2NO/c1-10(8-17-14(2,3)4)9-18-12-7-5-6-11(15)13(12)16/h5-7,10,17H,8-9H2,1-4H3. The zero-order valence-corrected chi connectivity index (χ0v) is 11.4. The second-order valence-electron chi connectivity index (χ2n) is 5.60. The number of nitrogens with one attached hydrogen (secondary N) is 1. The van der Waals surface area contributed by atoms with Gasteiger partial charge >= 0.3 is 0 Å². The fourth-order valence-corrected chi connectivity index (χ4v) is 1.37. The molecule has 0 radical (unpaired) electrons. The van der Waals surface area contributed by atoms with Gasteiger partial charge in [-0.2, -0.15) is 4.39 Å². The summed E-state index contributed by atoms with van der Waals surface area (Å²) in [6, 6.07) is 3.95. The van der Waals surface area contributed by atoms with Crippen molar-refractivity contribution in [1.29, 1.82) is 0 Å². The molecule has 0 spiro atoms. The summed E-state index contributed by atoms with van der Waals surface area (Å²) in [5.41, 5.74) is 0.0400. The lowest BCUT2D eigenvalue weighted by Crippen LogP contribution is -2.39. The van der Waals surface area contributed by atoms with Gasteiger partial charge in [-0.05, 0) is 32.9 Å². The van der Waals surface area contributed by atoms with Crippen LogP contribution in [0.3, 0.4) is 0 Å². The number of ether oxygens (including phenoxy) is 1. The maximum Gasteiger partial charge on any atom is 0.200 e. The molecule has 0 aromatic heterocycles. The van der Waals surface area contributed by atoms with Crippen LogP contribution in [0.4, 0.5) is 8.78 Å². The number of halogens is 2. The van der Waals surface area contributed by atoms with Crippen LogP contribution in [0.25, 0.3) is 0 Å². The molecule has 1 unspecified atom stereocenters. The lowest BCUT2D eigenvalue weighted by Gasteiger charge is -2.23. The van der Waals surface area contributed by atoms with E-state index < -0.39 is 11.6 Å². The van der Waals surface area contributed by atoms with Crippen LogP contribution >= 0.6 is 0 Å². The zero-order valence-electron chi connectivity index (χ0n) is 11.4.